The molecule has 2 fully saturated rings. The number of amides is 1. The van der Waals surface area contributed by atoms with Crippen molar-refractivity contribution in [3.8, 4) is 0 Å². The predicted octanol–water partition coefficient (Wildman–Crippen LogP) is 0.590. The third-order valence-electron chi connectivity index (χ3n) is 3.43. The highest BCUT2D eigenvalue weighted by Gasteiger charge is 2.25. The van der Waals surface area contributed by atoms with Crippen LogP contribution in [-0.4, -0.2) is 37.7 Å². The molecule has 0 bridgehead atoms. The third kappa shape index (κ3) is 2.44. The Balaban J connectivity index is 1.86. The van der Waals surface area contributed by atoms with Gasteiger partial charge in [-0.3, -0.25) is 4.79 Å². The number of hydrogen-bond donors (Lipinski definition) is 2. The van der Waals surface area contributed by atoms with Gasteiger partial charge in [0.05, 0.1) is 12.1 Å². The van der Waals surface area contributed by atoms with Crippen molar-refractivity contribution >= 4 is 5.91 Å². The standard InChI is InChI=1S/C12H20N2O2/c1-8(10-6-13-7-10)12(15)14-9(2)11-4-3-5-16-11/h9,11,13H,3-7H2,1-2H3,(H,14,15). The van der Waals surface area contributed by atoms with Crippen LogP contribution in [0.25, 0.3) is 0 Å². The summed E-state index contributed by atoms with van der Waals surface area (Å²) in [6.07, 6.45) is 2.36. The molecule has 1 amide bonds. The second-order valence-electron chi connectivity index (χ2n) is 4.65. The molecule has 2 aliphatic rings. The van der Waals surface area contributed by atoms with E-state index in [4.69, 9.17) is 4.74 Å². The van der Waals surface area contributed by atoms with Crippen LogP contribution in [-0.2, 0) is 9.53 Å². The summed E-state index contributed by atoms with van der Waals surface area (Å²) in [5.41, 5.74) is 2.08. The third-order valence-corrected chi connectivity index (χ3v) is 3.43. The van der Waals surface area contributed by atoms with E-state index < -0.39 is 0 Å². The van der Waals surface area contributed by atoms with E-state index in [9.17, 15) is 4.79 Å². The second kappa shape index (κ2) is 4.97. The van der Waals surface area contributed by atoms with Crippen molar-refractivity contribution in [2.24, 2.45) is 0 Å². The fraction of sp³-hybridized carbons (Fsp3) is 0.750. The molecule has 2 saturated heterocycles. The molecule has 2 N–H and O–H groups in total. The quantitative estimate of drug-likeness (QED) is 0.690. The minimum absolute atomic E-state index is 0.0551. The van der Waals surface area contributed by atoms with E-state index in [2.05, 4.69) is 10.6 Å². The Hall–Kier alpha value is -0.870. The molecule has 0 aromatic carbocycles. The van der Waals surface area contributed by atoms with Gasteiger partial charge in [-0.15, -0.1) is 0 Å². The number of rotatable bonds is 3. The number of hydrogen-bond acceptors (Lipinski definition) is 3. The second-order valence-corrected chi connectivity index (χ2v) is 4.65. The van der Waals surface area contributed by atoms with Gasteiger partial charge in [0.2, 0.25) is 5.91 Å². The molecular weight excluding hydrogens is 204 g/mol. The van der Waals surface area contributed by atoms with E-state index in [0.29, 0.717) is 0 Å². The number of ether oxygens (including phenoxy) is 1. The Morgan fingerprint density at radius 1 is 1.56 bits per heavy atom. The Kier molecular flexibility index (Phi) is 3.61. The zero-order chi connectivity index (χ0) is 11.5. The average Bonchev–Trinajstić information content (AvgIpc) is 2.67. The van der Waals surface area contributed by atoms with Gasteiger partial charge in [-0.1, -0.05) is 0 Å². The normalized spacial score (nSPS) is 26.1. The fourth-order valence-corrected chi connectivity index (χ4v) is 2.08. The lowest BCUT2D eigenvalue weighted by molar-refractivity contribution is -0.119. The zero-order valence-corrected chi connectivity index (χ0v) is 10.0. The predicted molar refractivity (Wildman–Crippen MR) is 62.1 cm³/mol. The fourth-order valence-electron chi connectivity index (χ4n) is 2.08. The van der Waals surface area contributed by atoms with Crippen molar-refractivity contribution in [1.82, 2.24) is 10.6 Å². The van der Waals surface area contributed by atoms with Crippen LogP contribution in [0, 0.1) is 0 Å². The van der Waals surface area contributed by atoms with E-state index in [1.165, 1.54) is 5.57 Å². The Labute approximate surface area is 96.4 Å². The average molecular weight is 224 g/mol. The summed E-state index contributed by atoms with van der Waals surface area (Å²) < 4.78 is 5.55. The molecule has 2 aliphatic heterocycles. The number of carbonyl (C=O) groups excluding carboxylic acids is 1. The molecule has 0 spiro atoms. The van der Waals surface area contributed by atoms with Crippen LogP contribution in [0.4, 0.5) is 0 Å². The van der Waals surface area contributed by atoms with Crippen LogP contribution < -0.4 is 10.6 Å². The Morgan fingerprint density at radius 3 is 2.81 bits per heavy atom. The number of carbonyl (C=O) groups is 1. The molecule has 0 saturated carbocycles. The molecule has 16 heavy (non-hydrogen) atoms. The first-order valence-corrected chi connectivity index (χ1v) is 6.00. The van der Waals surface area contributed by atoms with Gasteiger partial charge in [0.1, 0.15) is 0 Å². The van der Waals surface area contributed by atoms with Crippen LogP contribution in [0.2, 0.25) is 0 Å². The van der Waals surface area contributed by atoms with Gasteiger partial charge in [0.25, 0.3) is 0 Å². The van der Waals surface area contributed by atoms with Gasteiger partial charge in [0, 0.05) is 25.3 Å². The minimum atomic E-state index is 0.0551. The van der Waals surface area contributed by atoms with Crippen molar-refractivity contribution < 1.29 is 9.53 Å². The van der Waals surface area contributed by atoms with Gasteiger partial charge in [-0.25, -0.2) is 0 Å². The molecular formula is C12H20N2O2. The van der Waals surface area contributed by atoms with Gasteiger partial charge in [-0.05, 0) is 32.3 Å². The lowest BCUT2D eigenvalue weighted by Gasteiger charge is -2.24. The highest BCUT2D eigenvalue weighted by Crippen LogP contribution is 2.16. The molecule has 4 nitrogen and oxygen atoms in total. The van der Waals surface area contributed by atoms with Gasteiger partial charge < -0.3 is 15.4 Å². The molecule has 0 radical (unpaired) electrons. The summed E-state index contributed by atoms with van der Waals surface area (Å²) in [5, 5.41) is 6.16. The first kappa shape index (κ1) is 11.6. The molecule has 2 rings (SSSR count). The van der Waals surface area contributed by atoms with Crippen LogP contribution in [0.1, 0.15) is 26.7 Å². The Morgan fingerprint density at radius 2 is 2.31 bits per heavy atom. The van der Waals surface area contributed by atoms with E-state index in [1.54, 1.807) is 0 Å². The van der Waals surface area contributed by atoms with E-state index in [1.807, 2.05) is 13.8 Å². The summed E-state index contributed by atoms with van der Waals surface area (Å²) in [4.78, 5) is 11.9. The maximum atomic E-state index is 11.9. The minimum Gasteiger partial charge on any atom is -0.376 e. The maximum Gasteiger partial charge on any atom is 0.247 e. The topological polar surface area (TPSA) is 50.4 Å². The van der Waals surface area contributed by atoms with Gasteiger partial charge in [0.15, 0.2) is 0 Å². The molecule has 4 heteroatoms. The molecule has 2 unspecified atom stereocenters. The van der Waals surface area contributed by atoms with Gasteiger partial charge >= 0.3 is 0 Å². The first-order chi connectivity index (χ1) is 7.68. The van der Waals surface area contributed by atoms with Crippen LogP contribution in [0.15, 0.2) is 11.1 Å². The largest absolute Gasteiger partial charge is 0.376 e. The van der Waals surface area contributed by atoms with Crippen molar-refractivity contribution in [3.05, 3.63) is 11.1 Å². The summed E-state index contributed by atoms with van der Waals surface area (Å²) >= 11 is 0. The molecule has 2 heterocycles. The molecule has 0 aromatic rings. The van der Waals surface area contributed by atoms with Crippen LogP contribution >= 0.6 is 0 Å². The number of nitrogens with one attached hydrogen (secondary N) is 2. The first-order valence-electron chi connectivity index (χ1n) is 6.00. The summed E-state index contributed by atoms with van der Waals surface area (Å²) in [7, 11) is 0. The van der Waals surface area contributed by atoms with Crippen molar-refractivity contribution in [3.63, 3.8) is 0 Å². The smallest absolute Gasteiger partial charge is 0.247 e. The molecule has 0 aromatic heterocycles. The maximum absolute atomic E-state index is 11.9. The lowest BCUT2D eigenvalue weighted by Crippen LogP contribution is -2.43. The van der Waals surface area contributed by atoms with Crippen molar-refractivity contribution in [2.75, 3.05) is 19.7 Å². The monoisotopic (exact) mass is 224 g/mol. The zero-order valence-electron chi connectivity index (χ0n) is 10.0. The summed E-state index contributed by atoms with van der Waals surface area (Å²) in [5.74, 6) is 0.0551. The van der Waals surface area contributed by atoms with Gasteiger partial charge in [-0.2, -0.15) is 0 Å². The van der Waals surface area contributed by atoms with E-state index in [0.717, 1.165) is 38.1 Å². The van der Waals surface area contributed by atoms with Crippen LogP contribution in [0.5, 0.6) is 0 Å². The van der Waals surface area contributed by atoms with Crippen molar-refractivity contribution in [1.29, 1.82) is 0 Å². The van der Waals surface area contributed by atoms with E-state index >= 15 is 0 Å². The Bertz CT molecular complexity index is 300. The molecule has 0 aliphatic carbocycles. The lowest BCUT2D eigenvalue weighted by atomic mass is 10.0. The molecule has 2 atom stereocenters. The summed E-state index contributed by atoms with van der Waals surface area (Å²) in [6.45, 7) is 6.45. The highest BCUT2D eigenvalue weighted by atomic mass is 16.5. The molecule has 90 valence electrons. The van der Waals surface area contributed by atoms with E-state index in [-0.39, 0.29) is 18.1 Å². The van der Waals surface area contributed by atoms with Crippen molar-refractivity contribution in [2.45, 2.75) is 38.8 Å². The summed E-state index contributed by atoms with van der Waals surface area (Å²) in [6, 6.07) is 0.110. The highest BCUT2D eigenvalue weighted by molar-refractivity contribution is 5.94. The SMILES string of the molecule is CC(C(=O)NC(C)C1CCCO1)=C1CNC1. The van der Waals surface area contributed by atoms with Crippen LogP contribution in [0.3, 0.4) is 0 Å².